The summed E-state index contributed by atoms with van der Waals surface area (Å²) in [6.07, 6.45) is 0. The third kappa shape index (κ3) is 7.09. The summed E-state index contributed by atoms with van der Waals surface area (Å²) >= 11 is 25.6. The van der Waals surface area contributed by atoms with Gasteiger partial charge in [0.15, 0.2) is 0 Å². The number of aromatic carboxylic acids is 1. The number of ether oxygens (including phenoxy) is 1. The lowest BCUT2D eigenvalue weighted by molar-refractivity contribution is -0.115. The molecule has 0 saturated carbocycles. The summed E-state index contributed by atoms with van der Waals surface area (Å²) in [5.74, 6) is -1.95. The molecule has 4 aromatic carbocycles. The molecule has 0 aliphatic rings. The van der Waals surface area contributed by atoms with E-state index >= 15 is 0 Å². The van der Waals surface area contributed by atoms with Crippen molar-refractivity contribution >= 4 is 87.3 Å². The molecule has 0 aromatic heterocycles. The smallest absolute Gasteiger partial charge is 0.338 e. The fourth-order valence-corrected chi connectivity index (χ4v) is 5.91. The van der Waals surface area contributed by atoms with Crippen molar-refractivity contribution in [1.82, 2.24) is 0 Å². The molecule has 0 fully saturated rings. The molecule has 0 aliphatic carbocycles. The van der Waals surface area contributed by atoms with Crippen molar-refractivity contribution in [2.45, 2.75) is 10.1 Å². The SMILES string of the molecule is COc1ccc(NC(=O)C(Sc2cccc(NC(=O)c3c(Cl)c(Cl)c(Cl)c(Cl)c3C(=O)O)c2)c2ccccc2)cc1. The Morgan fingerprint density at radius 3 is 2.00 bits per heavy atom. The van der Waals surface area contributed by atoms with Crippen LogP contribution in [-0.4, -0.2) is 30.0 Å². The van der Waals surface area contributed by atoms with E-state index in [1.54, 1.807) is 55.6 Å². The van der Waals surface area contributed by atoms with Crippen molar-refractivity contribution in [3.63, 3.8) is 0 Å². The Morgan fingerprint density at radius 1 is 0.756 bits per heavy atom. The number of anilines is 2. The highest BCUT2D eigenvalue weighted by atomic mass is 35.5. The van der Waals surface area contributed by atoms with Crippen LogP contribution in [0.2, 0.25) is 20.1 Å². The first-order valence-corrected chi connectivity index (χ1v) is 14.2. The van der Waals surface area contributed by atoms with Gasteiger partial charge in [0.05, 0.1) is 38.3 Å². The van der Waals surface area contributed by atoms with Crippen LogP contribution in [-0.2, 0) is 4.79 Å². The van der Waals surface area contributed by atoms with E-state index in [1.807, 2.05) is 30.3 Å². The maximum Gasteiger partial charge on any atom is 0.338 e. The molecule has 0 bridgehead atoms. The lowest BCUT2D eigenvalue weighted by atomic mass is 10.1. The van der Waals surface area contributed by atoms with E-state index in [9.17, 15) is 19.5 Å². The second kappa shape index (κ2) is 13.5. The number of methoxy groups -OCH3 is 1. The predicted octanol–water partition coefficient (Wildman–Crippen LogP) is 8.73. The third-order valence-electron chi connectivity index (χ3n) is 5.75. The quantitative estimate of drug-likeness (QED) is 0.0951. The first kappa shape index (κ1) is 30.6. The van der Waals surface area contributed by atoms with E-state index in [2.05, 4.69) is 10.6 Å². The van der Waals surface area contributed by atoms with Crippen molar-refractivity contribution in [3.8, 4) is 5.75 Å². The Morgan fingerprint density at radius 2 is 1.39 bits per heavy atom. The molecule has 1 atom stereocenters. The van der Waals surface area contributed by atoms with E-state index in [4.69, 9.17) is 51.1 Å². The van der Waals surface area contributed by atoms with E-state index in [-0.39, 0.29) is 21.0 Å². The molecular formula is C29H20Cl4N2O5S. The largest absolute Gasteiger partial charge is 0.497 e. The van der Waals surface area contributed by atoms with Gasteiger partial charge < -0.3 is 20.5 Å². The van der Waals surface area contributed by atoms with Gasteiger partial charge in [-0.25, -0.2) is 4.79 Å². The summed E-state index contributed by atoms with van der Waals surface area (Å²) in [7, 11) is 1.56. The summed E-state index contributed by atoms with van der Waals surface area (Å²) in [4.78, 5) is 39.1. The molecule has 4 rings (SSSR count). The van der Waals surface area contributed by atoms with Crippen molar-refractivity contribution in [1.29, 1.82) is 0 Å². The first-order chi connectivity index (χ1) is 19.6. The molecule has 0 spiro atoms. The van der Waals surface area contributed by atoms with Gasteiger partial charge in [0.2, 0.25) is 5.91 Å². The van der Waals surface area contributed by atoms with Gasteiger partial charge >= 0.3 is 5.97 Å². The topological polar surface area (TPSA) is 105 Å². The molecule has 210 valence electrons. The molecule has 0 radical (unpaired) electrons. The lowest BCUT2D eigenvalue weighted by Gasteiger charge is -2.18. The number of carboxylic acids is 1. The van der Waals surface area contributed by atoms with Crippen molar-refractivity contribution in [3.05, 3.63) is 116 Å². The molecule has 12 heteroatoms. The van der Waals surface area contributed by atoms with Crippen molar-refractivity contribution in [2.75, 3.05) is 17.7 Å². The Labute approximate surface area is 259 Å². The fraction of sp³-hybridized carbons (Fsp3) is 0.0690. The van der Waals surface area contributed by atoms with E-state index < -0.39 is 33.3 Å². The van der Waals surface area contributed by atoms with Crippen LogP contribution in [0.3, 0.4) is 0 Å². The number of amides is 2. The van der Waals surface area contributed by atoms with Crippen LogP contribution in [0, 0.1) is 0 Å². The Kier molecular flexibility index (Phi) is 10.1. The molecule has 2 amide bonds. The number of carbonyl (C=O) groups excluding carboxylic acids is 2. The molecule has 41 heavy (non-hydrogen) atoms. The van der Waals surface area contributed by atoms with Gasteiger partial charge in [-0.2, -0.15) is 0 Å². The van der Waals surface area contributed by atoms with Gasteiger partial charge in [0.1, 0.15) is 11.0 Å². The number of rotatable bonds is 9. The lowest BCUT2D eigenvalue weighted by Crippen LogP contribution is -2.19. The van der Waals surface area contributed by atoms with Gasteiger partial charge in [-0.3, -0.25) is 9.59 Å². The predicted molar refractivity (Wildman–Crippen MR) is 165 cm³/mol. The zero-order valence-electron chi connectivity index (χ0n) is 21.1. The summed E-state index contributed by atoms with van der Waals surface area (Å²) in [6.45, 7) is 0. The molecule has 0 aliphatic heterocycles. The van der Waals surface area contributed by atoms with Crippen molar-refractivity contribution < 1.29 is 24.2 Å². The molecule has 3 N–H and O–H groups in total. The van der Waals surface area contributed by atoms with Crippen LogP contribution >= 0.6 is 58.2 Å². The minimum absolute atomic E-state index is 0.244. The number of nitrogens with one attached hydrogen (secondary N) is 2. The monoisotopic (exact) mass is 648 g/mol. The summed E-state index contributed by atoms with van der Waals surface area (Å²) in [5.41, 5.74) is 0.675. The van der Waals surface area contributed by atoms with E-state index in [0.29, 0.717) is 22.0 Å². The standard InChI is InChI=1S/C29H20Cl4N2O5S/c1-40-18-12-10-16(11-13-18)34-28(37)26(15-6-3-2-4-7-15)41-19-9-5-8-17(14-19)35-27(36)20-21(29(38)39)23(31)25(33)24(32)22(20)30/h2-14,26H,1H3,(H,34,37)(H,35,36)(H,38,39). The average Bonchev–Trinajstić information content (AvgIpc) is 2.97. The van der Waals surface area contributed by atoms with Crippen LogP contribution in [0.25, 0.3) is 0 Å². The Balaban J connectivity index is 1.61. The van der Waals surface area contributed by atoms with Gasteiger partial charge in [0.25, 0.3) is 5.91 Å². The highest BCUT2D eigenvalue weighted by Gasteiger charge is 2.29. The minimum atomic E-state index is -1.50. The highest BCUT2D eigenvalue weighted by Crippen LogP contribution is 2.42. The van der Waals surface area contributed by atoms with Gasteiger partial charge in [-0.05, 0) is 48.0 Å². The van der Waals surface area contributed by atoms with Gasteiger partial charge in [0, 0.05) is 16.3 Å². The maximum atomic E-state index is 13.4. The molecular weight excluding hydrogens is 630 g/mol. The van der Waals surface area contributed by atoms with E-state index in [1.165, 1.54) is 11.8 Å². The normalized spacial score (nSPS) is 11.4. The second-order valence-electron chi connectivity index (χ2n) is 8.42. The number of thioether (sulfide) groups is 1. The zero-order valence-corrected chi connectivity index (χ0v) is 24.9. The van der Waals surface area contributed by atoms with Crippen LogP contribution in [0.4, 0.5) is 11.4 Å². The molecule has 7 nitrogen and oxygen atoms in total. The van der Waals surface area contributed by atoms with Crippen LogP contribution < -0.4 is 15.4 Å². The number of hydrogen-bond acceptors (Lipinski definition) is 5. The minimum Gasteiger partial charge on any atom is -0.497 e. The van der Waals surface area contributed by atoms with Gasteiger partial charge in [-0.1, -0.05) is 82.8 Å². The number of carboxylic acid groups (broad SMARTS) is 1. The van der Waals surface area contributed by atoms with Crippen LogP contribution in [0.5, 0.6) is 5.75 Å². The average molecular weight is 650 g/mol. The number of hydrogen-bond donors (Lipinski definition) is 3. The summed E-state index contributed by atoms with van der Waals surface area (Å²) in [6, 6.07) is 22.9. The fourth-order valence-electron chi connectivity index (χ4n) is 3.81. The third-order valence-corrected chi connectivity index (χ3v) is 8.80. The molecule has 0 heterocycles. The Hall–Kier alpha value is -3.40. The van der Waals surface area contributed by atoms with Gasteiger partial charge in [-0.15, -0.1) is 11.8 Å². The van der Waals surface area contributed by atoms with Crippen LogP contribution in [0.15, 0.2) is 83.8 Å². The highest BCUT2D eigenvalue weighted by molar-refractivity contribution is 8.00. The summed E-state index contributed by atoms with van der Waals surface area (Å²) in [5, 5.41) is 13.3. The van der Waals surface area contributed by atoms with E-state index in [0.717, 1.165) is 5.56 Å². The molecule has 0 saturated heterocycles. The zero-order chi connectivity index (χ0) is 29.7. The summed E-state index contributed by atoms with van der Waals surface area (Å²) < 4.78 is 5.18. The van der Waals surface area contributed by atoms with Crippen molar-refractivity contribution in [2.24, 2.45) is 0 Å². The Bertz CT molecular complexity index is 1620. The number of benzene rings is 4. The molecule has 1 unspecified atom stereocenters. The number of carbonyl (C=O) groups is 3. The second-order valence-corrected chi connectivity index (χ2v) is 11.1. The molecule has 4 aromatic rings. The van der Waals surface area contributed by atoms with Crippen LogP contribution in [0.1, 0.15) is 31.5 Å². The first-order valence-electron chi connectivity index (χ1n) is 11.8. The maximum absolute atomic E-state index is 13.4. The number of halogens is 4.